The van der Waals surface area contributed by atoms with Crippen LogP contribution in [0.2, 0.25) is 0 Å². The van der Waals surface area contributed by atoms with Crippen LogP contribution < -0.4 is 14.8 Å². The fraction of sp³-hybridized carbons (Fsp3) is 0.333. The smallest absolute Gasteiger partial charge is 0.238 e. The number of primary sulfonamides is 1. The molecule has 2 atom stereocenters. The third-order valence-corrected chi connectivity index (χ3v) is 6.37. The SMILES string of the molecule is COc1ccc(N2CC(C(=O)N(C)C(C)c3cccc(S(N)(=O)=O)c3)CC2=O)cc1. The van der Waals surface area contributed by atoms with E-state index >= 15 is 0 Å². The molecule has 3 rings (SSSR count). The van der Waals surface area contributed by atoms with Crippen molar-refractivity contribution in [2.75, 3.05) is 25.6 Å². The maximum atomic E-state index is 13.0. The molecule has 0 aliphatic carbocycles. The van der Waals surface area contributed by atoms with Gasteiger partial charge in [-0.3, -0.25) is 9.59 Å². The van der Waals surface area contributed by atoms with Crippen molar-refractivity contribution in [3.8, 4) is 5.75 Å². The summed E-state index contributed by atoms with van der Waals surface area (Å²) in [6.07, 6.45) is 0.124. The number of nitrogens with zero attached hydrogens (tertiary/aromatic N) is 2. The number of sulfonamides is 1. The van der Waals surface area contributed by atoms with Gasteiger partial charge in [-0.05, 0) is 48.9 Å². The molecule has 0 radical (unpaired) electrons. The van der Waals surface area contributed by atoms with Crippen LogP contribution in [0.5, 0.6) is 5.75 Å². The lowest BCUT2D eigenvalue weighted by atomic mass is 10.0. The number of hydrogen-bond acceptors (Lipinski definition) is 5. The summed E-state index contributed by atoms with van der Waals surface area (Å²) in [6, 6.07) is 12.9. The molecule has 2 unspecified atom stereocenters. The Balaban J connectivity index is 1.73. The van der Waals surface area contributed by atoms with E-state index in [-0.39, 0.29) is 35.7 Å². The minimum absolute atomic E-state index is 0.00516. The molecule has 2 amide bonds. The van der Waals surface area contributed by atoms with Crippen molar-refractivity contribution in [3.63, 3.8) is 0 Å². The van der Waals surface area contributed by atoms with Crippen LogP contribution in [-0.4, -0.2) is 45.8 Å². The molecule has 8 nitrogen and oxygen atoms in total. The molecule has 0 spiro atoms. The summed E-state index contributed by atoms with van der Waals surface area (Å²) in [4.78, 5) is 28.7. The Kier molecular flexibility index (Phi) is 6.14. The Morgan fingerprint density at radius 3 is 2.50 bits per heavy atom. The van der Waals surface area contributed by atoms with Crippen LogP contribution in [0.15, 0.2) is 53.4 Å². The average Bonchev–Trinajstić information content (AvgIpc) is 3.13. The van der Waals surface area contributed by atoms with Gasteiger partial charge in [0.15, 0.2) is 0 Å². The highest BCUT2D eigenvalue weighted by Gasteiger charge is 2.37. The molecule has 2 aromatic carbocycles. The van der Waals surface area contributed by atoms with Gasteiger partial charge >= 0.3 is 0 Å². The maximum Gasteiger partial charge on any atom is 0.238 e. The Morgan fingerprint density at radius 1 is 1.23 bits per heavy atom. The van der Waals surface area contributed by atoms with Gasteiger partial charge in [0.05, 0.1) is 24.0 Å². The molecule has 1 aliphatic rings. The minimum atomic E-state index is -3.83. The Hall–Kier alpha value is -2.91. The number of ether oxygens (including phenoxy) is 1. The normalized spacial score (nSPS) is 17.7. The van der Waals surface area contributed by atoms with Gasteiger partial charge in [0.25, 0.3) is 0 Å². The zero-order valence-electron chi connectivity index (χ0n) is 17.1. The largest absolute Gasteiger partial charge is 0.497 e. The first-order valence-electron chi connectivity index (χ1n) is 9.45. The van der Waals surface area contributed by atoms with E-state index in [1.54, 1.807) is 62.4 Å². The second-order valence-corrected chi connectivity index (χ2v) is 8.91. The zero-order valence-corrected chi connectivity index (χ0v) is 17.9. The molecular formula is C21H25N3O5S. The fourth-order valence-corrected chi connectivity index (χ4v) is 4.11. The first-order valence-corrected chi connectivity index (χ1v) is 11.0. The number of anilines is 1. The van der Waals surface area contributed by atoms with Gasteiger partial charge in [-0.1, -0.05) is 12.1 Å². The molecule has 1 fully saturated rings. The van der Waals surface area contributed by atoms with Crippen molar-refractivity contribution in [1.29, 1.82) is 0 Å². The van der Waals surface area contributed by atoms with E-state index < -0.39 is 15.9 Å². The third-order valence-electron chi connectivity index (χ3n) is 5.46. The summed E-state index contributed by atoms with van der Waals surface area (Å²) in [5, 5.41) is 5.21. The number of nitrogens with two attached hydrogens (primary N) is 1. The van der Waals surface area contributed by atoms with Crippen molar-refractivity contribution >= 4 is 27.5 Å². The highest BCUT2D eigenvalue weighted by atomic mass is 32.2. The van der Waals surface area contributed by atoms with E-state index in [1.165, 1.54) is 17.0 Å². The van der Waals surface area contributed by atoms with Gasteiger partial charge in [-0.25, -0.2) is 13.6 Å². The van der Waals surface area contributed by atoms with Crippen molar-refractivity contribution in [3.05, 3.63) is 54.1 Å². The lowest BCUT2D eigenvalue weighted by molar-refractivity contribution is -0.136. The quantitative estimate of drug-likeness (QED) is 0.751. The van der Waals surface area contributed by atoms with Crippen LogP contribution in [0.25, 0.3) is 0 Å². The van der Waals surface area contributed by atoms with Crippen LogP contribution in [0.4, 0.5) is 5.69 Å². The highest BCUT2D eigenvalue weighted by molar-refractivity contribution is 7.89. The zero-order chi connectivity index (χ0) is 22.1. The Labute approximate surface area is 176 Å². The lowest BCUT2D eigenvalue weighted by Gasteiger charge is -2.28. The summed E-state index contributed by atoms with van der Waals surface area (Å²) < 4.78 is 28.4. The maximum absolute atomic E-state index is 13.0. The van der Waals surface area contributed by atoms with Crippen LogP contribution in [0, 0.1) is 5.92 Å². The van der Waals surface area contributed by atoms with Gasteiger partial charge in [0.2, 0.25) is 21.8 Å². The number of carbonyl (C=O) groups excluding carboxylic acids is 2. The predicted molar refractivity (Wildman–Crippen MR) is 112 cm³/mol. The van der Waals surface area contributed by atoms with Gasteiger partial charge in [0.1, 0.15) is 5.75 Å². The standard InChI is InChI=1S/C21H25N3O5S/c1-14(15-5-4-6-19(11-15)30(22,27)28)23(2)21(26)16-12-20(25)24(13-16)17-7-9-18(29-3)10-8-17/h4-11,14,16H,12-13H2,1-3H3,(H2,22,27,28). The second kappa shape index (κ2) is 8.45. The molecule has 2 N–H and O–H groups in total. The first-order chi connectivity index (χ1) is 14.1. The van der Waals surface area contributed by atoms with E-state index in [0.29, 0.717) is 17.0 Å². The number of carbonyl (C=O) groups is 2. The Bertz CT molecular complexity index is 1050. The van der Waals surface area contributed by atoms with Crippen molar-refractivity contribution in [2.45, 2.75) is 24.3 Å². The highest BCUT2D eigenvalue weighted by Crippen LogP contribution is 2.30. The first kappa shape index (κ1) is 21.8. The van der Waals surface area contributed by atoms with Crippen LogP contribution in [-0.2, 0) is 19.6 Å². The summed E-state index contributed by atoms with van der Waals surface area (Å²) in [6.45, 7) is 2.09. The molecule has 0 bridgehead atoms. The van der Waals surface area contributed by atoms with Gasteiger partial charge < -0.3 is 14.5 Å². The molecule has 1 heterocycles. The summed E-state index contributed by atoms with van der Waals surface area (Å²) in [7, 11) is -0.615. The van der Waals surface area contributed by atoms with E-state index in [2.05, 4.69) is 0 Å². The molecule has 9 heteroatoms. The van der Waals surface area contributed by atoms with E-state index in [4.69, 9.17) is 9.88 Å². The summed E-state index contributed by atoms with van der Waals surface area (Å²) in [5.41, 5.74) is 1.36. The van der Waals surface area contributed by atoms with Crippen molar-refractivity contribution < 1.29 is 22.7 Å². The number of benzene rings is 2. The second-order valence-electron chi connectivity index (χ2n) is 7.35. The number of hydrogen-bond donors (Lipinski definition) is 1. The monoisotopic (exact) mass is 431 g/mol. The summed E-state index contributed by atoms with van der Waals surface area (Å²) in [5.74, 6) is -0.0783. The minimum Gasteiger partial charge on any atom is -0.497 e. The number of rotatable bonds is 6. The van der Waals surface area contributed by atoms with Crippen LogP contribution in [0.1, 0.15) is 24.9 Å². The molecule has 0 saturated carbocycles. The van der Waals surface area contributed by atoms with Gasteiger partial charge in [0, 0.05) is 25.7 Å². The van der Waals surface area contributed by atoms with E-state index in [9.17, 15) is 18.0 Å². The van der Waals surface area contributed by atoms with E-state index in [0.717, 1.165) is 0 Å². The predicted octanol–water partition coefficient (Wildman–Crippen LogP) is 1.92. The molecule has 1 aliphatic heterocycles. The number of methoxy groups -OCH3 is 1. The molecule has 30 heavy (non-hydrogen) atoms. The molecule has 0 aromatic heterocycles. The van der Waals surface area contributed by atoms with E-state index in [1.807, 2.05) is 0 Å². The average molecular weight is 432 g/mol. The molecular weight excluding hydrogens is 406 g/mol. The van der Waals surface area contributed by atoms with Crippen LogP contribution >= 0.6 is 0 Å². The molecule has 2 aromatic rings. The summed E-state index contributed by atoms with van der Waals surface area (Å²) >= 11 is 0. The molecule has 1 saturated heterocycles. The molecule has 160 valence electrons. The van der Waals surface area contributed by atoms with Gasteiger partial charge in [-0.2, -0.15) is 0 Å². The number of amides is 2. The van der Waals surface area contributed by atoms with Gasteiger partial charge in [-0.15, -0.1) is 0 Å². The van der Waals surface area contributed by atoms with Crippen LogP contribution in [0.3, 0.4) is 0 Å². The van der Waals surface area contributed by atoms with Crippen molar-refractivity contribution in [1.82, 2.24) is 4.90 Å². The third kappa shape index (κ3) is 4.47. The van der Waals surface area contributed by atoms with Crippen molar-refractivity contribution in [2.24, 2.45) is 11.1 Å². The topological polar surface area (TPSA) is 110 Å². The fourth-order valence-electron chi connectivity index (χ4n) is 3.54. The lowest BCUT2D eigenvalue weighted by Crippen LogP contribution is -2.36. The Morgan fingerprint density at radius 2 is 1.90 bits per heavy atom.